The zero-order valence-electron chi connectivity index (χ0n) is 26.5. The van der Waals surface area contributed by atoms with E-state index in [0.29, 0.717) is 23.0 Å². The monoisotopic (exact) mass is 684 g/mol. The fourth-order valence-corrected chi connectivity index (χ4v) is 6.47. The average Bonchev–Trinajstić information content (AvgIpc) is 3.53. The molecule has 0 radical (unpaired) electrons. The van der Waals surface area contributed by atoms with Crippen LogP contribution in [-0.4, -0.2) is 35.1 Å². The molecule has 10 heteroatoms. The standard InChI is InChI=1S/C39H32N4O4S2/c1-2-47-31-19-22-33-35(24-31)49-39(42-33)43-36(44)25-48-32-20-17-30(18-21-32)40-38(46)34(41-37(45)29-11-7-4-8-12-29)23-26-13-15-28(16-14-26)27-9-5-3-6-10-27/h3-24H,2,25H2,1H3,(H,40,46)(H,41,45)(H,42,43,44)/b34-23-. The number of nitrogens with zero attached hydrogens (tertiary/aromatic N) is 1. The van der Waals surface area contributed by atoms with Gasteiger partial charge in [0.05, 0.1) is 22.6 Å². The van der Waals surface area contributed by atoms with E-state index in [9.17, 15) is 14.4 Å². The van der Waals surface area contributed by atoms with Crippen LogP contribution in [-0.2, 0) is 9.59 Å². The summed E-state index contributed by atoms with van der Waals surface area (Å²) in [5, 5.41) is 9.06. The quantitative estimate of drug-likeness (QED) is 0.0881. The Morgan fingerprint density at radius 3 is 2.20 bits per heavy atom. The Labute approximate surface area is 292 Å². The van der Waals surface area contributed by atoms with Crippen molar-refractivity contribution in [2.45, 2.75) is 11.8 Å². The minimum atomic E-state index is -0.472. The van der Waals surface area contributed by atoms with Crippen LogP contribution in [0.25, 0.3) is 27.4 Å². The Morgan fingerprint density at radius 1 is 0.796 bits per heavy atom. The third kappa shape index (κ3) is 9.01. The van der Waals surface area contributed by atoms with Gasteiger partial charge in [0.2, 0.25) is 5.91 Å². The first-order valence-electron chi connectivity index (χ1n) is 15.5. The molecule has 3 N–H and O–H groups in total. The van der Waals surface area contributed by atoms with E-state index in [1.165, 1.54) is 23.1 Å². The van der Waals surface area contributed by atoms with Gasteiger partial charge in [-0.15, -0.1) is 11.8 Å². The maximum atomic E-state index is 13.5. The van der Waals surface area contributed by atoms with Crippen molar-refractivity contribution in [1.82, 2.24) is 10.3 Å². The van der Waals surface area contributed by atoms with Gasteiger partial charge in [0.25, 0.3) is 11.8 Å². The average molecular weight is 685 g/mol. The molecule has 0 atom stereocenters. The van der Waals surface area contributed by atoms with Crippen LogP contribution >= 0.6 is 23.1 Å². The fourth-order valence-electron chi connectivity index (χ4n) is 4.86. The molecule has 0 aliphatic rings. The van der Waals surface area contributed by atoms with E-state index in [1.54, 1.807) is 42.5 Å². The van der Waals surface area contributed by atoms with Gasteiger partial charge < -0.3 is 20.7 Å². The van der Waals surface area contributed by atoms with Gasteiger partial charge in [-0.2, -0.15) is 0 Å². The zero-order valence-corrected chi connectivity index (χ0v) is 28.1. The number of hydrogen-bond donors (Lipinski definition) is 3. The van der Waals surface area contributed by atoms with Gasteiger partial charge in [-0.1, -0.05) is 84.1 Å². The molecule has 3 amide bonds. The summed E-state index contributed by atoms with van der Waals surface area (Å²) in [4.78, 5) is 44.5. The van der Waals surface area contributed by atoms with Crippen LogP contribution < -0.4 is 20.7 Å². The number of fused-ring (bicyclic) bond motifs is 1. The predicted molar refractivity (Wildman–Crippen MR) is 199 cm³/mol. The molecule has 6 aromatic rings. The Morgan fingerprint density at radius 2 is 1.49 bits per heavy atom. The normalized spacial score (nSPS) is 11.2. The van der Waals surface area contributed by atoms with Crippen LogP contribution in [0.4, 0.5) is 10.8 Å². The molecule has 1 heterocycles. The minimum Gasteiger partial charge on any atom is -0.494 e. The summed E-state index contributed by atoms with van der Waals surface area (Å²) in [6, 6.07) is 39.3. The zero-order chi connectivity index (χ0) is 34.0. The van der Waals surface area contributed by atoms with Gasteiger partial charge in [0.15, 0.2) is 5.13 Å². The number of aromatic nitrogens is 1. The van der Waals surface area contributed by atoms with E-state index in [2.05, 4.69) is 20.9 Å². The number of anilines is 2. The lowest BCUT2D eigenvalue weighted by molar-refractivity contribution is -0.114. The topological polar surface area (TPSA) is 109 Å². The molecule has 244 valence electrons. The summed E-state index contributed by atoms with van der Waals surface area (Å²) in [5.74, 6) is -0.0841. The van der Waals surface area contributed by atoms with E-state index in [0.717, 1.165) is 37.6 Å². The van der Waals surface area contributed by atoms with Crippen molar-refractivity contribution in [3.63, 3.8) is 0 Å². The van der Waals surface area contributed by atoms with Crippen molar-refractivity contribution in [3.05, 3.63) is 144 Å². The highest BCUT2D eigenvalue weighted by Crippen LogP contribution is 2.30. The van der Waals surface area contributed by atoms with Crippen LogP contribution in [0.5, 0.6) is 5.75 Å². The van der Waals surface area contributed by atoms with Crippen LogP contribution in [0.3, 0.4) is 0 Å². The number of carbonyl (C=O) groups excluding carboxylic acids is 3. The maximum absolute atomic E-state index is 13.5. The Bertz CT molecular complexity index is 2100. The van der Waals surface area contributed by atoms with Crippen molar-refractivity contribution in [3.8, 4) is 16.9 Å². The molecular formula is C39H32N4O4S2. The van der Waals surface area contributed by atoms with E-state index in [-0.39, 0.29) is 17.4 Å². The Kier molecular flexibility index (Phi) is 10.8. The molecule has 0 aliphatic heterocycles. The maximum Gasteiger partial charge on any atom is 0.272 e. The Balaban J connectivity index is 1.09. The molecule has 0 saturated carbocycles. The lowest BCUT2D eigenvalue weighted by Gasteiger charge is -2.12. The van der Waals surface area contributed by atoms with Crippen molar-refractivity contribution >= 4 is 67.9 Å². The first-order chi connectivity index (χ1) is 23.9. The second-order valence-corrected chi connectivity index (χ2v) is 12.8. The smallest absolute Gasteiger partial charge is 0.272 e. The third-order valence-corrected chi connectivity index (χ3v) is 9.20. The van der Waals surface area contributed by atoms with Gasteiger partial charge in [-0.05, 0) is 84.3 Å². The minimum absolute atomic E-state index is 0.0976. The molecule has 0 bridgehead atoms. The molecule has 0 unspecified atom stereocenters. The molecular weight excluding hydrogens is 653 g/mol. The number of hydrogen-bond acceptors (Lipinski definition) is 7. The lowest BCUT2D eigenvalue weighted by Crippen LogP contribution is -2.30. The highest BCUT2D eigenvalue weighted by atomic mass is 32.2. The van der Waals surface area contributed by atoms with Crippen LogP contribution in [0.2, 0.25) is 0 Å². The highest BCUT2D eigenvalue weighted by Gasteiger charge is 2.16. The van der Waals surface area contributed by atoms with Crippen LogP contribution in [0.15, 0.2) is 138 Å². The van der Waals surface area contributed by atoms with Crippen LogP contribution in [0.1, 0.15) is 22.8 Å². The second kappa shape index (κ2) is 15.9. The van der Waals surface area contributed by atoms with E-state index in [4.69, 9.17) is 4.74 Å². The number of nitrogens with one attached hydrogen (secondary N) is 3. The van der Waals surface area contributed by atoms with Crippen molar-refractivity contribution in [1.29, 1.82) is 0 Å². The van der Waals surface area contributed by atoms with E-state index >= 15 is 0 Å². The molecule has 0 fully saturated rings. The predicted octanol–water partition coefficient (Wildman–Crippen LogP) is 8.50. The summed E-state index contributed by atoms with van der Waals surface area (Å²) in [6.07, 6.45) is 1.65. The molecule has 49 heavy (non-hydrogen) atoms. The summed E-state index contributed by atoms with van der Waals surface area (Å²) in [6.45, 7) is 2.51. The van der Waals surface area contributed by atoms with Crippen molar-refractivity contribution in [2.75, 3.05) is 23.0 Å². The number of carbonyl (C=O) groups is 3. The molecule has 0 saturated heterocycles. The summed E-state index contributed by atoms with van der Waals surface area (Å²) in [7, 11) is 0. The van der Waals surface area contributed by atoms with Gasteiger partial charge in [0.1, 0.15) is 11.4 Å². The molecule has 0 aliphatic carbocycles. The van der Waals surface area contributed by atoms with Gasteiger partial charge in [-0.25, -0.2) is 4.98 Å². The van der Waals surface area contributed by atoms with E-state index in [1.807, 2.05) is 97.9 Å². The summed E-state index contributed by atoms with van der Waals surface area (Å²) in [5.41, 5.74) is 4.75. The number of rotatable bonds is 12. The van der Waals surface area contributed by atoms with Crippen molar-refractivity contribution < 1.29 is 19.1 Å². The van der Waals surface area contributed by atoms with Gasteiger partial charge in [0, 0.05) is 16.1 Å². The SMILES string of the molecule is CCOc1ccc2nc(NC(=O)CSc3ccc(NC(=O)/C(=C/c4ccc(-c5ccccc5)cc4)NC(=O)c4ccccc4)cc3)sc2c1. The molecule has 1 aromatic heterocycles. The van der Waals surface area contributed by atoms with E-state index < -0.39 is 11.8 Å². The Hall–Kier alpha value is -5.71. The molecule has 8 nitrogen and oxygen atoms in total. The summed E-state index contributed by atoms with van der Waals surface area (Å²) >= 11 is 2.76. The van der Waals surface area contributed by atoms with Crippen molar-refractivity contribution in [2.24, 2.45) is 0 Å². The van der Waals surface area contributed by atoms with Gasteiger partial charge >= 0.3 is 0 Å². The third-order valence-electron chi connectivity index (χ3n) is 7.26. The summed E-state index contributed by atoms with van der Waals surface area (Å²) < 4.78 is 6.49. The fraction of sp³-hybridized carbons (Fsp3) is 0.0769. The lowest BCUT2D eigenvalue weighted by atomic mass is 10.0. The van der Waals surface area contributed by atoms with Crippen LogP contribution in [0, 0.1) is 0 Å². The molecule has 5 aromatic carbocycles. The first-order valence-corrected chi connectivity index (χ1v) is 17.3. The number of thiazole rings is 1. The number of thioether (sulfide) groups is 1. The number of benzene rings is 5. The highest BCUT2D eigenvalue weighted by molar-refractivity contribution is 8.00. The molecule has 0 spiro atoms. The molecule has 6 rings (SSSR count). The van der Waals surface area contributed by atoms with Gasteiger partial charge in [-0.3, -0.25) is 14.4 Å². The number of ether oxygens (including phenoxy) is 1. The largest absolute Gasteiger partial charge is 0.494 e. The number of amides is 3. The first kappa shape index (κ1) is 33.2. The second-order valence-electron chi connectivity index (χ2n) is 10.8.